The van der Waals surface area contributed by atoms with E-state index in [1.165, 1.54) is 16.0 Å². The second-order valence-corrected chi connectivity index (χ2v) is 5.61. The van der Waals surface area contributed by atoms with Gasteiger partial charge < -0.3 is 10.1 Å². The van der Waals surface area contributed by atoms with E-state index in [2.05, 4.69) is 20.8 Å². The topological polar surface area (TPSA) is 99.0 Å². The first-order chi connectivity index (χ1) is 10.5. The number of tetrazole rings is 1. The van der Waals surface area contributed by atoms with Gasteiger partial charge in [0.2, 0.25) is 5.91 Å². The highest BCUT2D eigenvalue weighted by Crippen LogP contribution is 2.29. The molecule has 0 aliphatic carbocycles. The van der Waals surface area contributed by atoms with Crippen LogP contribution in [0.5, 0.6) is 0 Å². The third-order valence-electron chi connectivity index (χ3n) is 2.91. The van der Waals surface area contributed by atoms with Crippen LogP contribution in [0.15, 0.2) is 6.07 Å². The molecular formula is C13H17N5O3S. The maximum atomic E-state index is 12.1. The normalized spacial score (nSPS) is 10.5. The standard InChI is InChI=1S/C13H17N5O3S/c1-4-8-6-9(13(20)21-5-2)12(22-8)14-11(19)7-10-15-16-17-18(10)3/h6H,4-5,7H2,1-3H3,(H,14,19). The van der Waals surface area contributed by atoms with E-state index in [0.29, 0.717) is 16.4 Å². The number of ether oxygens (including phenoxy) is 1. The summed E-state index contributed by atoms with van der Waals surface area (Å²) in [5.74, 6) is -0.274. The average molecular weight is 323 g/mol. The van der Waals surface area contributed by atoms with Crippen LogP contribution in [0, 0.1) is 0 Å². The number of amides is 1. The van der Waals surface area contributed by atoms with Gasteiger partial charge in [0.05, 0.1) is 18.6 Å². The summed E-state index contributed by atoms with van der Waals surface area (Å²) in [7, 11) is 1.66. The second-order valence-electron chi connectivity index (χ2n) is 4.47. The predicted octanol–water partition coefficient (Wildman–Crippen LogP) is 1.19. The lowest BCUT2D eigenvalue weighted by Crippen LogP contribution is -2.18. The number of esters is 1. The highest BCUT2D eigenvalue weighted by molar-refractivity contribution is 7.16. The van der Waals surface area contributed by atoms with Gasteiger partial charge in [0.25, 0.3) is 0 Å². The van der Waals surface area contributed by atoms with E-state index in [1.54, 1.807) is 20.0 Å². The minimum absolute atomic E-state index is 0.0329. The average Bonchev–Trinajstić information content (AvgIpc) is 3.06. The zero-order chi connectivity index (χ0) is 16.1. The number of anilines is 1. The van der Waals surface area contributed by atoms with E-state index < -0.39 is 5.97 Å². The van der Waals surface area contributed by atoms with E-state index in [9.17, 15) is 9.59 Å². The molecule has 0 unspecified atom stereocenters. The summed E-state index contributed by atoms with van der Waals surface area (Å²) in [4.78, 5) is 25.0. The summed E-state index contributed by atoms with van der Waals surface area (Å²) in [6.07, 6.45) is 0.811. The Labute approximate surface area is 131 Å². The second kappa shape index (κ2) is 7.12. The van der Waals surface area contributed by atoms with E-state index in [-0.39, 0.29) is 18.9 Å². The van der Waals surface area contributed by atoms with Crippen molar-refractivity contribution >= 4 is 28.2 Å². The van der Waals surface area contributed by atoms with Gasteiger partial charge in [0, 0.05) is 11.9 Å². The predicted molar refractivity (Wildman–Crippen MR) is 80.8 cm³/mol. The van der Waals surface area contributed by atoms with Crippen LogP contribution in [0.25, 0.3) is 0 Å². The van der Waals surface area contributed by atoms with Crippen molar-refractivity contribution in [3.05, 3.63) is 22.3 Å². The van der Waals surface area contributed by atoms with Gasteiger partial charge in [-0.15, -0.1) is 16.4 Å². The van der Waals surface area contributed by atoms with Crippen molar-refractivity contribution in [2.45, 2.75) is 26.7 Å². The van der Waals surface area contributed by atoms with Crippen LogP contribution in [-0.4, -0.2) is 38.7 Å². The number of hydrogen-bond donors (Lipinski definition) is 1. The van der Waals surface area contributed by atoms with E-state index >= 15 is 0 Å². The van der Waals surface area contributed by atoms with E-state index in [0.717, 1.165) is 11.3 Å². The Balaban J connectivity index is 2.14. The number of nitrogens with zero attached hydrogens (tertiary/aromatic N) is 4. The third-order valence-corrected chi connectivity index (χ3v) is 4.10. The van der Waals surface area contributed by atoms with E-state index in [1.807, 2.05) is 6.92 Å². The first-order valence-corrected chi connectivity index (χ1v) is 7.67. The van der Waals surface area contributed by atoms with Gasteiger partial charge in [0.1, 0.15) is 5.00 Å². The largest absolute Gasteiger partial charge is 0.462 e. The van der Waals surface area contributed by atoms with Gasteiger partial charge in [-0.2, -0.15) is 0 Å². The molecule has 2 aromatic heterocycles. The molecule has 0 atom stereocenters. The van der Waals surface area contributed by atoms with Gasteiger partial charge in [-0.3, -0.25) is 4.79 Å². The van der Waals surface area contributed by atoms with Gasteiger partial charge in [-0.05, 0) is 29.8 Å². The Morgan fingerprint density at radius 3 is 2.77 bits per heavy atom. The zero-order valence-corrected chi connectivity index (χ0v) is 13.4. The van der Waals surface area contributed by atoms with Crippen molar-refractivity contribution in [2.24, 2.45) is 7.05 Å². The fourth-order valence-corrected chi connectivity index (χ4v) is 2.78. The van der Waals surface area contributed by atoms with Crippen LogP contribution in [0.3, 0.4) is 0 Å². The quantitative estimate of drug-likeness (QED) is 0.802. The molecular weight excluding hydrogens is 306 g/mol. The molecule has 22 heavy (non-hydrogen) atoms. The number of nitrogens with one attached hydrogen (secondary N) is 1. The first kappa shape index (κ1) is 16.1. The van der Waals surface area contributed by atoms with Gasteiger partial charge in [0.15, 0.2) is 5.82 Å². The maximum absolute atomic E-state index is 12.1. The van der Waals surface area contributed by atoms with Crippen molar-refractivity contribution in [3.8, 4) is 0 Å². The summed E-state index contributed by atoms with van der Waals surface area (Å²) in [6, 6.07) is 1.75. The number of rotatable bonds is 6. The summed E-state index contributed by atoms with van der Waals surface area (Å²) in [6.45, 7) is 4.01. The van der Waals surface area contributed by atoms with Crippen LogP contribution < -0.4 is 5.32 Å². The van der Waals surface area contributed by atoms with Crippen molar-refractivity contribution in [1.82, 2.24) is 20.2 Å². The lowest BCUT2D eigenvalue weighted by Gasteiger charge is -2.05. The number of carbonyl (C=O) groups excluding carboxylic acids is 2. The molecule has 2 rings (SSSR count). The highest BCUT2D eigenvalue weighted by atomic mass is 32.1. The van der Waals surface area contributed by atoms with Crippen LogP contribution in [0.1, 0.15) is 34.9 Å². The van der Waals surface area contributed by atoms with Gasteiger partial charge >= 0.3 is 5.97 Å². The molecule has 0 aromatic carbocycles. The monoisotopic (exact) mass is 323 g/mol. The Kier molecular flexibility index (Phi) is 5.21. The van der Waals surface area contributed by atoms with E-state index in [4.69, 9.17) is 4.74 Å². The molecule has 2 aromatic rings. The van der Waals surface area contributed by atoms with Crippen molar-refractivity contribution in [3.63, 3.8) is 0 Å². The number of thiophene rings is 1. The molecule has 8 nitrogen and oxygen atoms in total. The minimum atomic E-state index is -0.436. The molecule has 1 amide bonds. The zero-order valence-electron chi connectivity index (χ0n) is 12.6. The van der Waals surface area contributed by atoms with Gasteiger partial charge in [-0.25, -0.2) is 9.48 Å². The SMILES string of the molecule is CCOC(=O)c1cc(CC)sc1NC(=O)Cc1nnnn1C. The lowest BCUT2D eigenvalue weighted by atomic mass is 10.2. The fourth-order valence-electron chi connectivity index (χ4n) is 1.78. The molecule has 0 saturated carbocycles. The molecule has 0 bridgehead atoms. The number of hydrogen-bond acceptors (Lipinski definition) is 7. The Bertz CT molecular complexity index is 679. The molecule has 0 aliphatic rings. The van der Waals surface area contributed by atoms with Crippen LogP contribution in [0.2, 0.25) is 0 Å². The van der Waals surface area contributed by atoms with Crippen molar-refractivity contribution in [2.75, 3.05) is 11.9 Å². The number of carbonyl (C=O) groups is 2. The van der Waals surface area contributed by atoms with Crippen molar-refractivity contribution in [1.29, 1.82) is 0 Å². The Morgan fingerprint density at radius 1 is 1.41 bits per heavy atom. The first-order valence-electron chi connectivity index (χ1n) is 6.86. The molecule has 9 heteroatoms. The Hall–Kier alpha value is -2.29. The molecule has 0 aliphatic heterocycles. The summed E-state index contributed by atoms with van der Waals surface area (Å²) in [5, 5.41) is 14.1. The smallest absolute Gasteiger partial charge is 0.341 e. The molecule has 0 fully saturated rings. The van der Waals surface area contributed by atoms with Crippen molar-refractivity contribution < 1.29 is 14.3 Å². The van der Waals surface area contributed by atoms with Crippen LogP contribution in [0.4, 0.5) is 5.00 Å². The summed E-state index contributed by atoms with van der Waals surface area (Å²) < 4.78 is 6.44. The minimum Gasteiger partial charge on any atom is -0.462 e. The summed E-state index contributed by atoms with van der Waals surface area (Å²) >= 11 is 1.37. The van der Waals surface area contributed by atoms with Gasteiger partial charge in [-0.1, -0.05) is 6.92 Å². The molecule has 0 radical (unpaired) electrons. The third kappa shape index (κ3) is 3.67. The Morgan fingerprint density at radius 2 is 2.18 bits per heavy atom. The number of aromatic nitrogens is 4. The molecule has 0 spiro atoms. The molecule has 2 heterocycles. The lowest BCUT2D eigenvalue weighted by molar-refractivity contribution is -0.115. The van der Waals surface area contributed by atoms with Crippen LogP contribution >= 0.6 is 11.3 Å². The maximum Gasteiger partial charge on any atom is 0.341 e. The van der Waals surface area contributed by atoms with Crippen LogP contribution in [-0.2, 0) is 29.4 Å². The number of aryl methyl sites for hydroxylation is 2. The fraction of sp³-hybridized carbons (Fsp3) is 0.462. The molecule has 1 N–H and O–H groups in total. The highest BCUT2D eigenvalue weighted by Gasteiger charge is 2.19. The summed E-state index contributed by atoms with van der Waals surface area (Å²) in [5.41, 5.74) is 0.383. The molecule has 118 valence electrons. The molecule has 0 saturated heterocycles.